The molecular formula is C17H19N6O7+. The number of rotatable bonds is 5. The zero-order valence-electron chi connectivity index (χ0n) is 15.5. The van der Waals surface area contributed by atoms with Gasteiger partial charge in [0.05, 0.1) is 18.1 Å². The highest BCUT2D eigenvalue weighted by atomic mass is 16.6. The number of nitrogens with two attached hydrogens (primary N) is 1. The van der Waals surface area contributed by atoms with Crippen molar-refractivity contribution < 1.29 is 29.5 Å². The van der Waals surface area contributed by atoms with E-state index in [1.54, 1.807) is 12.1 Å². The molecule has 0 radical (unpaired) electrons. The van der Waals surface area contributed by atoms with Gasteiger partial charge < -0.3 is 25.8 Å². The van der Waals surface area contributed by atoms with Crippen LogP contribution in [0.3, 0.4) is 0 Å². The highest BCUT2D eigenvalue weighted by molar-refractivity contribution is 5.67. The number of nitro groups is 1. The maximum Gasteiger partial charge on any atom is 0.313 e. The summed E-state index contributed by atoms with van der Waals surface area (Å²) in [6, 6.07) is 5.81. The molecule has 1 fully saturated rings. The van der Waals surface area contributed by atoms with Crippen LogP contribution in [0.5, 0.6) is 0 Å². The SMILES string of the molecule is Nc1nc2c(c(=O)[nH]1)n(Cc1ccc([N+](=O)[O-])cc1)c[n+]2[C@@H]1O[C@H](CO)[C@@H](O)[C@H]1O. The Morgan fingerprint density at radius 1 is 1.30 bits per heavy atom. The van der Waals surface area contributed by atoms with Gasteiger partial charge in [0.2, 0.25) is 11.7 Å². The molecule has 1 saturated heterocycles. The van der Waals surface area contributed by atoms with E-state index in [1.165, 1.54) is 27.6 Å². The molecular weight excluding hydrogens is 400 g/mol. The molecule has 1 aliphatic heterocycles. The molecule has 0 spiro atoms. The number of imidazole rings is 1. The summed E-state index contributed by atoms with van der Waals surface area (Å²) in [4.78, 5) is 29.4. The second-order valence-electron chi connectivity index (χ2n) is 6.93. The van der Waals surface area contributed by atoms with Gasteiger partial charge in [-0.3, -0.25) is 24.5 Å². The number of aromatic nitrogens is 4. The number of aliphatic hydroxyl groups is 3. The highest BCUT2D eigenvalue weighted by Gasteiger charge is 2.46. The van der Waals surface area contributed by atoms with E-state index in [9.17, 15) is 30.2 Å². The Morgan fingerprint density at radius 3 is 2.60 bits per heavy atom. The number of fused-ring (bicyclic) bond motifs is 1. The summed E-state index contributed by atoms with van der Waals surface area (Å²) < 4.78 is 8.43. The van der Waals surface area contributed by atoms with Gasteiger partial charge in [0.1, 0.15) is 18.3 Å². The maximum absolute atomic E-state index is 12.6. The van der Waals surface area contributed by atoms with E-state index >= 15 is 0 Å². The zero-order valence-corrected chi connectivity index (χ0v) is 15.5. The summed E-state index contributed by atoms with van der Waals surface area (Å²) in [5, 5.41) is 40.6. The molecule has 1 aromatic carbocycles. The van der Waals surface area contributed by atoms with E-state index in [0.717, 1.165) is 0 Å². The van der Waals surface area contributed by atoms with Crippen molar-refractivity contribution in [3.05, 3.63) is 56.6 Å². The topological polar surface area (TPSA) is 194 Å². The lowest BCUT2D eigenvalue weighted by Crippen LogP contribution is -2.46. The van der Waals surface area contributed by atoms with E-state index in [-0.39, 0.29) is 29.3 Å². The molecule has 0 amide bonds. The predicted octanol–water partition coefficient (Wildman–Crippen LogP) is -1.84. The first kappa shape index (κ1) is 19.9. The Balaban J connectivity index is 1.79. The smallest absolute Gasteiger partial charge is 0.313 e. The summed E-state index contributed by atoms with van der Waals surface area (Å²) in [5.41, 5.74) is 5.97. The van der Waals surface area contributed by atoms with Crippen LogP contribution in [0.15, 0.2) is 35.4 Å². The number of nitro benzene ring substituents is 1. The first-order chi connectivity index (χ1) is 14.3. The van der Waals surface area contributed by atoms with Crippen LogP contribution < -0.4 is 15.9 Å². The third-order valence-corrected chi connectivity index (χ3v) is 4.98. The van der Waals surface area contributed by atoms with Crippen LogP contribution in [-0.2, 0) is 11.3 Å². The van der Waals surface area contributed by atoms with E-state index < -0.39 is 41.6 Å². The van der Waals surface area contributed by atoms with Gasteiger partial charge in [0.15, 0.2) is 6.33 Å². The number of ether oxygens (including phenoxy) is 1. The lowest BCUT2D eigenvalue weighted by molar-refractivity contribution is -0.746. The average molecular weight is 419 g/mol. The van der Waals surface area contributed by atoms with Gasteiger partial charge in [-0.05, 0) is 17.7 Å². The monoisotopic (exact) mass is 419 g/mol. The van der Waals surface area contributed by atoms with Crippen LogP contribution in [0.4, 0.5) is 11.6 Å². The number of H-pyrrole nitrogens is 1. The minimum Gasteiger partial charge on any atom is -0.394 e. The number of nitrogens with zero attached hydrogens (tertiary/aromatic N) is 4. The minimum absolute atomic E-state index is 0.0648. The minimum atomic E-state index is -1.38. The molecule has 0 aliphatic carbocycles. The third kappa shape index (κ3) is 3.29. The van der Waals surface area contributed by atoms with E-state index in [1.807, 2.05) is 0 Å². The van der Waals surface area contributed by atoms with Gasteiger partial charge >= 0.3 is 5.65 Å². The average Bonchev–Trinajstić information content (AvgIpc) is 3.20. The Labute approximate surface area is 167 Å². The van der Waals surface area contributed by atoms with Gasteiger partial charge in [-0.15, -0.1) is 0 Å². The lowest BCUT2D eigenvalue weighted by atomic mass is 10.1. The molecule has 4 atom stereocenters. The Bertz CT molecular complexity index is 1160. The zero-order chi connectivity index (χ0) is 21.6. The third-order valence-electron chi connectivity index (χ3n) is 4.98. The molecule has 4 rings (SSSR count). The molecule has 13 nitrogen and oxygen atoms in total. The predicted molar refractivity (Wildman–Crippen MR) is 100 cm³/mol. The van der Waals surface area contributed by atoms with Crippen molar-refractivity contribution in [3.63, 3.8) is 0 Å². The molecule has 0 bridgehead atoms. The number of benzene rings is 1. The number of aromatic amines is 1. The first-order valence-corrected chi connectivity index (χ1v) is 8.95. The summed E-state index contributed by atoms with van der Waals surface area (Å²) in [6.07, 6.45) is -3.38. The second-order valence-corrected chi connectivity index (χ2v) is 6.93. The fourth-order valence-electron chi connectivity index (χ4n) is 3.51. The Kier molecular flexibility index (Phi) is 4.95. The molecule has 3 heterocycles. The standard InChI is InChI=1S/C17H18N6O7/c18-17-19-14-11(15(27)20-17)21(5-8-1-3-9(4-2-8)23(28)29)7-22(14)16-13(26)12(25)10(6-24)30-16/h1-4,7,10,12-13,16,24-26H,5-6H2,(H2-,18,19,20,27)/p+1/t10-,12-,13-,16-/m1/s1. The van der Waals surface area contributed by atoms with Crippen LogP contribution in [0, 0.1) is 10.1 Å². The van der Waals surface area contributed by atoms with Crippen LogP contribution in [0.2, 0.25) is 0 Å². The largest absolute Gasteiger partial charge is 0.394 e. The molecule has 2 aromatic heterocycles. The van der Waals surface area contributed by atoms with E-state index in [4.69, 9.17) is 10.5 Å². The van der Waals surface area contributed by atoms with Crippen molar-refractivity contribution in [2.75, 3.05) is 12.3 Å². The first-order valence-electron chi connectivity index (χ1n) is 8.95. The number of hydrogen-bond acceptors (Lipinski definition) is 9. The second kappa shape index (κ2) is 7.46. The van der Waals surface area contributed by atoms with Gasteiger partial charge in [0.25, 0.3) is 17.2 Å². The van der Waals surface area contributed by atoms with Crippen molar-refractivity contribution in [2.45, 2.75) is 31.1 Å². The van der Waals surface area contributed by atoms with Crippen molar-refractivity contribution in [1.29, 1.82) is 0 Å². The number of anilines is 1. The fourth-order valence-corrected chi connectivity index (χ4v) is 3.51. The number of non-ortho nitro benzene ring substituents is 1. The summed E-state index contributed by atoms with van der Waals surface area (Å²) in [5.74, 6) is -0.152. The van der Waals surface area contributed by atoms with E-state index in [0.29, 0.717) is 5.56 Å². The molecule has 0 unspecified atom stereocenters. The Hall–Kier alpha value is -3.39. The van der Waals surface area contributed by atoms with Gasteiger partial charge in [-0.2, -0.15) is 0 Å². The van der Waals surface area contributed by atoms with Gasteiger partial charge in [-0.1, -0.05) is 4.98 Å². The molecule has 1 aliphatic rings. The molecule has 6 N–H and O–H groups in total. The molecule has 158 valence electrons. The molecule has 30 heavy (non-hydrogen) atoms. The van der Waals surface area contributed by atoms with Crippen LogP contribution in [-0.4, -0.2) is 59.7 Å². The molecule has 3 aromatic rings. The normalized spacial score (nSPS) is 23.8. The van der Waals surface area contributed by atoms with Crippen molar-refractivity contribution in [3.8, 4) is 0 Å². The van der Waals surface area contributed by atoms with Gasteiger partial charge in [-0.25, -0.2) is 4.57 Å². The Morgan fingerprint density at radius 2 is 2.00 bits per heavy atom. The lowest BCUT2D eigenvalue weighted by Gasteiger charge is -2.12. The van der Waals surface area contributed by atoms with Crippen LogP contribution in [0.25, 0.3) is 11.2 Å². The number of aliphatic hydroxyl groups excluding tert-OH is 3. The van der Waals surface area contributed by atoms with Gasteiger partial charge in [0, 0.05) is 12.1 Å². The number of nitrogen functional groups attached to an aromatic ring is 1. The van der Waals surface area contributed by atoms with Crippen LogP contribution in [0.1, 0.15) is 11.8 Å². The maximum atomic E-state index is 12.6. The van der Waals surface area contributed by atoms with E-state index in [2.05, 4.69) is 9.97 Å². The van der Waals surface area contributed by atoms with Crippen LogP contribution >= 0.6 is 0 Å². The summed E-state index contributed by atoms with van der Waals surface area (Å²) in [6.45, 7) is -0.349. The van der Waals surface area contributed by atoms with Crippen molar-refractivity contribution >= 4 is 22.8 Å². The van der Waals surface area contributed by atoms with Crippen molar-refractivity contribution in [2.24, 2.45) is 0 Å². The van der Waals surface area contributed by atoms with Crippen molar-refractivity contribution in [1.82, 2.24) is 14.5 Å². The summed E-state index contributed by atoms with van der Waals surface area (Å²) >= 11 is 0. The quantitative estimate of drug-likeness (QED) is 0.179. The molecule has 0 saturated carbocycles. The number of hydrogen-bond donors (Lipinski definition) is 5. The molecule has 13 heteroatoms. The summed E-state index contributed by atoms with van der Waals surface area (Å²) in [7, 11) is 0. The fraction of sp³-hybridized carbons (Fsp3) is 0.353. The highest BCUT2D eigenvalue weighted by Crippen LogP contribution is 2.26. The number of nitrogens with one attached hydrogen (secondary N) is 1.